The number of thiophene rings is 1. The highest BCUT2D eigenvalue weighted by Crippen LogP contribution is 2.54. The van der Waals surface area contributed by atoms with Crippen molar-refractivity contribution in [2.24, 2.45) is 0 Å². The van der Waals surface area contributed by atoms with Crippen LogP contribution in [0.1, 0.15) is 130 Å². The van der Waals surface area contributed by atoms with Crippen LogP contribution in [0, 0.1) is 0 Å². The maximum atomic E-state index is 6.68. The average Bonchev–Trinajstić information content (AvgIpc) is 4.15. The van der Waals surface area contributed by atoms with Gasteiger partial charge in [0.2, 0.25) is 7.28 Å². The largest absolute Gasteiger partial charge is 0.456 e. The smallest absolute Gasteiger partial charge is 0.211 e. The predicted octanol–water partition coefficient (Wildman–Crippen LogP) is 20.2. The Kier molecular flexibility index (Phi) is 11.2. The van der Waals surface area contributed by atoms with Crippen LogP contribution in [0.25, 0.3) is 81.8 Å². The summed E-state index contributed by atoms with van der Waals surface area (Å²) in [4.78, 5) is 2.45. The lowest BCUT2D eigenvalue weighted by molar-refractivity contribution is 0.590. The first-order valence-electron chi connectivity index (χ1n) is 29.0. The van der Waals surface area contributed by atoms with E-state index in [1.807, 2.05) is 11.3 Å². The molecule has 0 bridgehead atoms. The zero-order valence-corrected chi connectivity index (χ0v) is 50.3. The first kappa shape index (κ1) is 51.4. The Labute approximate surface area is 482 Å². The molecule has 0 unspecified atom stereocenters. The standard InChI is InChI=1S/C75H71BN3OS/c1-71(2,3)43-19-26-47(27-20-43)77-62-41-61-55(54-38-50(32-35-60(54)75(61,13)14)78(48-28-21-44(22-29-48)72(4,5)6)49-30-23-45(24-31-49)73(7,8)9)39-56(62)52-33-34-53-57-40-58-51-17-15-16-18-64(51)80-65(58)42-63(57)79-68(53)67(52)76-70-69(79)59-37-46(74(10,11)12)25-36-66(59)81-70/h15-42,77H,1-14H3. The summed E-state index contributed by atoms with van der Waals surface area (Å²) in [6.45, 7) is 32.3. The van der Waals surface area contributed by atoms with Crippen LogP contribution < -0.4 is 20.5 Å². The monoisotopic (exact) mass is 1070 g/mol. The van der Waals surface area contributed by atoms with Crippen molar-refractivity contribution in [2.75, 3.05) is 10.2 Å². The van der Waals surface area contributed by atoms with Crippen LogP contribution in [0.5, 0.6) is 0 Å². The third-order valence-corrected chi connectivity index (χ3v) is 19.0. The number of fused-ring (bicyclic) bond motifs is 13. The zero-order chi connectivity index (χ0) is 56.4. The van der Waals surface area contributed by atoms with Crippen molar-refractivity contribution in [1.29, 1.82) is 0 Å². The summed E-state index contributed by atoms with van der Waals surface area (Å²) in [6.07, 6.45) is 0. The van der Waals surface area contributed by atoms with Gasteiger partial charge in [-0.2, -0.15) is 0 Å². The number of furan rings is 1. The average molecular weight is 1070 g/mol. The van der Waals surface area contributed by atoms with E-state index in [9.17, 15) is 0 Å². The topological polar surface area (TPSA) is 33.3 Å². The van der Waals surface area contributed by atoms with E-state index in [0.29, 0.717) is 0 Å². The fourth-order valence-corrected chi connectivity index (χ4v) is 14.2. The van der Waals surface area contributed by atoms with E-state index in [1.165, 1.54) is 97.9 Å². The van der Waals surface area contributed by atoms with Crippen molar-refractivity contribution >= 4 is 111 Å². The van der Waals surface area contributed by atoms with Crippen LogP contribution in [-0.4, -0.2) is 11.8 Å². The lowest BCUT2D eigenvalue weighted by Crippen LogP contribution is -2.35. The second-order valence-corrected chi connectivity index (χ2v) is 28.9. The van der Waals surface area contributed by atoms with E-state index in [-0.39, 0.29) is 27.1 Å². The maximum absolute atomic E-state index is 6.68. The van der Waals surface area contributed by atoms with Gasteiger partial charge in [-0.15, -0.1) is 11.3 Å². The van der Waals surface area contributed by atoms with Crippen LogP contribution in [-0.2, 0) is 27.1 Å². The third kappa shape index (κ3) is 8.21. The molecule has 4 heterocycles. The van der Waals surface area contributed by atoms with Gasteiger partial charge in [0.25, 0.3) is 0 Å². The maximum Gasteiger partial charge on any atom is 0.211 e. The number of nitrogens with one attached hydrogen (secondary N) is 1. The minimum absolute atomic E-state index is 0.00729. The van der Waals surface area contributed by atoms with Gasteiger partial charge in [0.15, 0.2) is 0 Å². The molecule has 0 fully saturated rings. The van der Waals surface area contributed by atoms with Gasteiger partial charge in [-0.3, -0.25) is 0 Å². The molecule has 3 aromatic heterocycles. The third-order valence-electron chi connectivity index (χ3n) is 17.9. The molecule has 1 radical (unpaired) electrons. The van der Waals surface area contributed by atoms with Crippen molar-refractivity contribution in [2.45, 2.75) is 124 Å². The summed E-state index contributed by atoms with van der Waals surface area (Å²) >= 11 is 1.89. The molecule has 6 heteroatoms. The highest BCUT2D eigenvalue weighted by atomic mass is 32.1. The van der Waals surface area contributed by atoms with Crippen molar-refractivity contribution in [3.63, 3.8) is 0 Å². The van der Waals surface area contributed by atoms with Crippen molar-refractivity contribution < 1.29 is 4.42 Å². The molecule has 1 N–H and O–H groups in total. The molecule has 9 aromatic carbocycles. The summed E-state index contributed by atoms with van der Waals surface area (Å²) in [7, 11) is 2.51. The quantitative estimate of drug-likeness (QED) is 0.169. The van der Waals surface area contributed by atoms with Gasteiger partial charge in [0.1, 0.15) is 11.2 Å². The van der Waals surface area contributed by atoms with E-state index in [0.717, 1.165) is 55.9 Å². The normalized spacial score (nSPS) is 14.0. The van der Waals surface area contributed by atoms with Gasteiger partial charge in [-0.1, -0.05) is 176 Å². The minimum atomic E-state index is -0.280. The summed E-state index contributed by atoms with van der Waals surface area (Å²) < 4.78 is 11.8. The molecule has 0 saturated carbocycles. The second-order valence-electron chi connectivity index (χ2n) is 27.8. The first-order valence-corrected chi connectivity index (χ1v) is 29.8. The SMILES string of the molecule is CC(C)(C)c1ccc(Nc2cc3c(cc2-c2ccc4c5cc6c(cc5n5c4c2[B]c2sc4ccc(C(C)(C)C)cc4c2-5)oc2ccccc26)-c2cc(N(c4ccc(C(C)(C)C)cc4)c4ccc(C(C)(C)C)cc4)ccc2C3(C)C)cc1. The molecular weight excluding hydrogens is 1000 g/mol. The molecule has 1 aliphatic heterocycles. The Morgan fingerprint density at radius 2 is 1.06 bits per heavy atom. The number of aromatic nitrogens is 1. The molecule has 1 aliphatic carbocycles. The van der Waals surface area contributed by atoms with Crippen LogP contribution in [0.4, 0.5) is 28.4 Å². The molecule has 0 atom stereocenters. The Bertz CT molecular complexity index is 4500. The predicted molar refractivity (Wildman–Crippen MR) is 351 cm³/mol. The van der Waals surface area contributed by atoms with E-state index < -0.39 is 0 Å². The summed E-state index contributed by atoms with van der Waals surface area (Å²) in [5.41, 5.74) is 24.9. The molecule has 401 valence electrons. The van der Waals surface area contributed by atoms with E-state index in [1.54, 1.807) is 0 Å². The molecule has 81 heavy (non-hydrogen) atoms. The Hall–Kier alpha value is -7.80. The van der Waals surface area contributed by atoms with Crippen LogP contribution in [0.15, 0.2) is 174 Å². The van der Waals surface area contributed by atoms with E-state index >= 15 is 0 Å². The number of hydrogen-bond donors (Lipinski definition) is 1. The van der Waals surface area contributed by atoms with E-state index in [2.05, 4.69) is 289 Å². The number of rotatable bonds is 6. The lowest BCUT2D eigenvalue weighted by Gasteiger charge is -2.29. The number of anilines is 5. The molecule has 4 nitrogen and oxygen atoms in total. The Morgan fingerprint density at radius 1 is 0.469 bits per heavy atom. The summed E-state index contributed by atoms with van der Waals surface area (Å²) in [5.74, 6) is 0. The second kappa shape index (κ2) is 17.6. The Morgan fingerprint density at radius 3 is 1.70 bits per heavy atom. The number of benzene rings is 9. The summed E-state index contributed by atoms with van der Waals surface area (Å²) in [6, 6.07) is 64.8. The lowest BCUT2D eigenvalue weighted by atomic mass is 9.63. The van der Waals surface area contributed by atoms with Gasteiger partial charge in [0.05, 0.1) is 11.2 Å². The molecule has 0 saturated heterocycles. The summed E-state index contributed by atoms with van der Waals surface area (Å²) in [5, 5.41) is 10.1. The Balaban J connectivity index is 1.01. The van der Waals surface area contributed by atoms with Gasteiger partial charge < -0.3 is 19.2 Å². The molecule has 12 aromatic rings. The molecule has 0 amide bonds. The number of para-hydroxylation sites is 1. The molecule has 14 rings (SSSR count). The van der Waals surface area contributed by atoms with Crippen molar-refractivity contribution in [3.8, 4) is 27.9 Å². The zero-order valence-electron chi connectivity index (χ0n) is 49.5. The van der Waals surface area contributed by atoms with E-state index in [4.69, 9.17) is 4.42 Å². The fraction of sp³-hybridized carbons (Fsp3) is 0.253. The fourth-order valence-electron chi connectivity index (χ4n) is 13.1. The van der Waals surface area contributed by atoms with Crippen molar-refractivity contribution in [3.05, 3.63) is 203 Å². The minimum Gasteiger partial charge on any atom is -0.456 e. The molecular formula is C75H71BN3OS. The van der Waals surface area contributed by atoms with Crippen LogP contribution in [0.2, 0.25) is 0 Å². The highest BCUT2D eigenvalue weighted by molar-refractivity contribution is 7.29. The highest BCUT2D eigenvalue weighted by Gasteiger charge is 2.38. The van der Waals surface area contributed by atoms with Crippen LogP contribution >= 0.6 is 11.3 Å². The van der Waals surface area contributed by atoms with Gasteiger partial charge in [-0.25, -0.2) is 0 Å². The van der Waals surface area contributed by atoms with Gasteiger partial charge >= 0.3 is 0 Å². The van der Waals surface area contributed by atoms with Gasteiger partial charge in [-0.05, 0) is 167 Å². The van der Waals surface area contributed by atoms with Crippen LogP contribution in [0.3, 0.4) is 0 Å². The molecule has 2 aliphatic rings. The first-order chi connectivity index (χ1) is 38.4. The molecule has 0 spiro atoms. The number of nitrogens with zero attached hydrogens (tertiary/aromatic N) is 2. The van der Waals surface area contributed by atoms with Gasteiger partial charge in [0, 0.05) is 82.6 Å². The number of hydrogen-bond acceptors (Lipinski definition) is 4. The van der Waals surface area contributed by atoms with Crippen molar-refractivity contribution in [1.82, 2.24) is 4.57 Å².